The predicted molar refractivity (Wildman–Crippen MR) is 70.3 cm³/mol. The highest BCUT2D eigenvalue weighted by Gasteiger charge is 2.33. The van der Waals surface area contributed by atoms with E-state index in [9.17, 15) is 9.59 Å². The number of rotatable bonds is 4. The highest BCUT2D eigenvalue weighted by molar-refractivity contribution is 5.75. The van der Waals surface area contributed by atoms with E-state index in [0.717, 1.165) is 12.8 Å². The first-order valence-electron chi connectivity index (χ1n) is 6.51. The zero-order chi connectivity index (χ0) is 14.6. The highest BCUT2D eigenvalue weighted by atomic mass is 16.7. The smallest absolute Gasteiger partial charge is 0.407 e. The van der Waals surface area contributed by atoms with Crippen molar-refractivity contribution in [2.75, 3.05) is 14.2 Å². The quantitative estimate of drug-likeness (QED) is 0.791. The van der Waals surface area contributed by atoms with E-state index in [0.29, 0.717) is 12.3 Å². The van der Waals surface area contributed by atoms with Gasteiger partial charge in [0.15, 0.2) is 0 Å². The third-order valence-electron chi connectivity index (χ3n) is 3.04. The number of nitrogens with one attached hydrogen (secondary N) is 1. The first kappa shape index (κ1) is 15.8. The molecule has 0 saturated heterocycles. The fourth-order valence-electron chi connectivity index (χ4n) is 1.97. The fraction of sp³-hybridized carbons (Fsp3) is 0.846. The number of ether oxygens (including phenoxy) is 1. The van der Waals surface area contributed by atoms with E-state index in [-0.39, 0.29) is 11.9 Å². The van der Waals surface area contributed by atoms with Gasteiger partial charge in [0.2, 0.25) is 5.91 Å². The van der Waals surface area contributed by atoms with Gasteiger partial charge in [0, 0.05) is 19.5 Å². The van der Waals surface area contributed by atoms with Crippen LogP contribution in [0, 0.1) is 5.92 Å². The molecule has 0 bridgehead atoms. The van der Waals surface area contributed by atoms with Gasteiger partial charge in [-0.25, -0.2) is 9.86 Å². The summed E-state index contributed by atoms with van der Waals surface area (Å²) in [4.78, 5) is 27.9. The number of carbonyl (C=O) groups is 2. The standard InChI is InChI=1S/C13H24N2O4/c1-13(2,3)19-12(17)14-10-6-9(7-10)8-11(16)15(4)18-5/h9-10H,6-8H2,1-5H3,(H,14,17). The molecule has 6 heteroatoms. The molecule has 19 heavy (non-hydrogen) atoms. The van der Waals surface area contributed by atoms with Crippen molar-refractivity contribution in [2.24, 2.45) is 5.92 Å². The van der Waals surface area contributed by atoms with Crippen LogP contribution in [0.1, 0.15) is 40.0 Å². The summed E-state index contributed by atoms with van der Waals surface area (Å²) in [5.74, 6) is 0.272. The lowest BCUT2D eigenvalue weighted by molar-refractivity contribution is -0.170. The van der Waals surface area contributed by atoms with Gasteiger partial charge in [0.25, 0.3) is 0 Å². The zero-order valence-electron chi connectivity index (χ0n) is 12.4. The maximum absolute atomic E-state index is 11.6. The van der Waals surface area contributed by atoms with E-state index in [1.165, 1.54) is 12.2 Å². The van der Waals surface area contributed by atoms with Crippen molar-refractivity contribution in [3.63, 3.8) is 0 Å². The van der Waals surface area contributed by atoms with E-state index in [1.54, 1.807) is 7.05 Å². The molecule has 1 aliphatic rings. The van der Waals surface area contributed by atoms with Gasteiger partial charge in [-0.1, -0.05) is 0 Å². The number of alkyl carbamates (subject to hydrolysis) is 1. The molecule has 0 aromatic rings. The molecule has 0 heterocycles. The number of nitrogens with zero attached hydrogens (tertiary/aromatic N) is 1. The lowest BCUT2D eigenvalue weighted by atomic mass is 9.78. The van der Waals surface area contributed by atoms with Gasteiger partial charge in [0.05, 0.1) is 7.11 Å². The summed E-state index contributed by atoms with van der Waals surface area (Å²) >= 11 is 0. The lowest BCUT2D eigenvalue weighted by Crippen LogP contribution is -2.47. The third kappa shape index (κ3) is 5.46. The van der Waals surface area contributed by atoms with Gasteiger partial charge in [-0.05, 0) is 39.5 Å². The Kier molecular flexibility index (Phi) is 5.17. The van der Waals surface area contributed by atoms with Crippen molar-refractivity contribution in [3.8, 4) is 0 Å². The van der Waals surface area contributed by atoms with Gasteiger partial charge in [-0.2, -0.15) is 0 Å². The second kappa shape index (κ2) is 6.23. The average Bonchev–Trinajstić information content (AvgIpc) is 2.22. The summed E-state index contributed by atoms with van der Waals surface area (Å²) in [5.41, 5.74) is -0.482. The van der Waals surface area contributed by atoms with E-state index in [2.05, 4.69) is 5.32 Å². The molecule has 0 radical (unpaired) electrons. The maximum Gasteiger partial charge on any atom is 0.407 e. The summed E-state index contributed by atoms with van der Waals surface area (Å²) in [6, 6.07) is 0.112. The highest BCUT2D eigenvalue weighted by Crippen LogP contribution is 2.31. The monoisotopic (exact) mass is 272 g/mol. The summed E-state index contributed by atoms with van der Waals surface area (Å²) < 4.78 is 5.17. The Morgan fingerprint density at radius 3 is 2.37 bits per heavy atom. The molecular formula is C13H24N2O4. The lowest BCUT2D eigenvalue weighted by Gasteiger charge is -2.36. The van der Waals surface area contributed by atoms with Crippen LogP contribution in [-0.2, 0) is 14.4 Å². The molecule has 1 rings (SSSR count). The minimum absolute atomic E-state index is 0.0387. The van der Waals surface area contributed by atoms with E-state index >= 15 is 0 Å². The molecule has 1 aliphatic carbocycles. The van der Waals surface area contributed by atoms with E-state index < -0.39 is 11.7 Å². The minimum Gasteiger partial charge on any atom is -0.444 e. The Hall–Kier alpha value is -1.30. The number of amides is 2. The largest absolute Gasteiger partial charge is 0.444 e. The van der Waals surface area contributed by atoms with Crippen LogP contribution in [0.25, 0.3) is 0 Å². The molecule has 2 amide bonds. The summed E-state index contributed by atoms with van der Waals surface area (Å²) in [6.07, 6.45) is 1.68. The van der Waals surface area contributed by atoms with Crippen molar-refractivity contribution in [3.05, 3.63) is 0 Å². The molecule has 0 spiro atoms. The zero-order valence-corrected chi connectivity index (χ0v) is 12.4. The van der Waals surface area contributed by atoms with Crippen molar-refractivity contribution in [1.29, 1.82) is 0 Å². The summed E-state index contributed by atoms with van der Waals surface area (Å²) in [6.45, 7) is 5.49. The van der Waals surface area contributed by atoms with Gasteiger partial charge < -0.3 is 10.1 Å². The van der Waals surface area contributed by atoms with Crippen LogP contribution in [0.3, 0.4) is 0 Å². The van der Waals surface area contributed by atoms with Crippen LogP contribution in [0.5, 0.6) is 0 Å². The Bertz CT molecular complexity index is 332. The molecule has 0 atom stereocenters. The van der Waals surface area contributed by atoms with Gasteiger partial charge in [0.1, 0.15) is 5.60 Å². The van der Waals surface area contributed by atoms with Crippen LogP contribution < -0.4 is 5.32 Å². The minimum atomic E-state index is -0.482. The third-order valence-corrected chi connectivity index (χ3v) is 3.04. The molecule has 110 valence electrons. The van der Waals surface area contributed by atoms with E-state index in [1.807, 2.05) is 20.8 Å². The summed E-state index contributed by atoms with van der Waals surface area (Å²) in [7, 11) is 3.06. The number of carbonyl (C=O) groups excluding carboxylic acids is 2. The van der Waals surface area contributed by atoms with E-state index in [4.69, 9.17) is 9.57 Å². The molecule has 1 fully saturated rings. The molecule has 0 unspecified atom stereocenters. The average molecular weight is 272 g/mol. The van der Waals surface area contributed by atoms with Crippen LogP contribution >= 0.6 is 0 Å². The Morgan fingerprint density at radius 1 is 1.32 bits per heavy atom. The fourth-order valence-corrected chi connectivity index (χ4v) is 1.97. The predicted octanol–water partition coefficient (Wildman–Crippen LogP) is 1.70. The molecule has 0 aromatic carbocycles. The molecule has 0 aliphatic heterocycles. The molecule has 1 N–H and O–H groups in total. The molecular weight excluding hydrogens is 248 g/mol. The second-order valence-corrected chi connectivity index (χ2v) is 5.96. The molecule has 0 aromatic heterocycles. The summed E-state index contributed by atoms with van der Waals surface area (Å²) in [5, 5.41) is 4.03. The van der Waals surface area contributed by atoms with Crippen molar-refractivity contribution < 1.29 is 19.2 Å². The van der Waals surface area contributed by atoms with Gasteiger partial charge >= 0.3 is 6.09 Å². The number of hydrogen-bond donors (Lipinski definition) is 1. The molecule has 6 nitrogen and oxygen atoms in total. The van der Waals surface area contributed by atoms with Crippen molar-refractivity contribution in [2.45, 2.75) is 51.7 Å². The van der Waals surface area contributed by atoms with Gasteiger partial charge in [-0.3, -0.25) is 9.63 Å². The topological polar surface area (TPSA) is 67.9 Å². The maximum atomic E-state index is 11.6. The Morgan fingerprint density at radius 2 is 1.89 bits per heavy atom. The number of hydroxylamine groups is 2. The first-order chi connectivity index (χ1) is 8.71. The van der Waals surface area contributed by atoms with Gasteiger partial charge in [-0.15, -0.1) is 0 Å². The SMILES string of the molecule is CON(C)C(=O)CC1CC(NC(=O)OC(C)(C)C)C1. The van der Waals surface area contributed by atoms with Crippen LogP contribution in [0.2, 0.25) is 0 Å². The Balaban J connectivity index is 2.20. The van der Waals surface area contributed by atoms with Crippen LogP contribution in [-0.4, -0.2) is 42.9 Å². The van der Waals surface area contributed by atoms with Crippen molar-refractivity contribution in [1.82, 2.24) is 10.4 Å². The number of hydrogen-bond acceptors (Lipinski definition) is 4. The normalized spacial score (nSPS) is 22.4. The molecule has 1 saturated carbocycles. The second-order valence-electron chi connectivity index (χ2n) is 5.96. The first-order valence-corrected chi connectivity index (χ1v) is 6.51. The Labute approximate surface area is 114 Å². The van der Waals surface area contributed by atoms with Crippen LogP contribution in [0.4, 0.5) is 4.79 Å². The van der Waals surface area contributed by atoms with Crippen LogP contribution in [0.15, 0.2) is 0 Å². The van der Waals surface area contributed by atoms with Crippen molar-refractivity contribution >= 4 is 12.0 Å².